The van der Waals surface area contributed by atoms with Crippen molar-refractivity contribution in [1.82, 2.24) is 10.2 Å². The van der Waals surface area contributed by atoms with Gasteiger partial charge >= 0.3 is 12.1 Å². The number of fused-ring (bicyclic) bond motifs is 4. The summed E-state index contributed by atoms with van der Waals surface area (Å²) in [6.07, 6.45) is 1.66. The minimum atomic E-state index is -0.834. The molecule has 1 aliphatic heterocycles. The van der Waals surface area contributed by atoms with E-state index in [0.717, 1.165) is 35.1 Å². The lowest BCUT2D eigenvalue weighted by Gasteiger charge is -2.25. The second-order valence-corrected chi connectivity index (χ2v) is 9.46. The Kier molecular flexibility index (Phi) is 5.35. The van der Waals surface area contributed by atoms with Crippen molar-refractivity contribution >= 4 is 18.0 Å². The number of nitrogens with zero attached hydrogens (tertiary/aromatic N) is 1. The van der Waals surface area contributed by atoms with Gasteiger partial charge in [-0.15, -0.1) is 0 Å². The molecule has 2 amide bonds. The highest BCUT2D eigenvalue weighted by Crippen LogP contribution is 2.49. The smallest absolute Gasteiger partial charge is 0.407 e. The molecular weight excluding hydrogens is 420 g/mol. The Bertz CT molecular complexity index is 1070. The Morgan fingerprint density at radius 2 is 1.76 bits per heavy atom. The van der Waals surface area contributed by atoms with Crippen LogP contribution in [0.4, 0.5) is 4.79 Å². The molecule has 0 radical (unpaired) electrons. The monoisotopic (exact) mass is 448 g/mol. The summed E-state index contributed by atoms with van der Waals surface area (Å²) in [7, 11) is 0. The molecular formula is C26H28N2O5. The quantitative estimate of drug-likeness (QED) is 0.728. The van der Waals surface area contributed by atoms with Crippen molar-refractivity contribution in [3.8, 4) is 11.1 Å². The molecule has 0 bridgehead atoms. The fourth-order valence-corrected chi connectivity index (χ4v) is 5.96. The van der Waals surface area contributed by atoms with Gasteiger partial charge in [-0.05, 0) is 47.9 Å². The lowest BCUT2D eigenvalue weighted by Crippen LogP contribution is -2.47. The van der Waals surface area contributed by atoms with E-state index in [4.69, 9.17) is 4.74 Å². The van der Waals surface area contributed by atoms with Gasteiger partial charge in [-0.1, -0.05) is 55.0 Å². The number of carboxylic acid groups (broad SMARTS) is 1. The average molecular weight is 449 g/mol. The zero-order chi connectivity index (χ0) is 23.2. The summed E-state index contributed by atoms with van der Waals surface area (Å²) in [6.45, 7) is 2.43. The number of hydrogen-bond acceptors (Lipinski definition) is 4. The van der Waals surface area contributed by atoms with Crippen LogP contribution in [0, 0.1) is 11.3 Å². The molecule has 1 saturated carbocycles. The first-order chi connectivity index (χ1) is 15.9. The Morgan fingerprint density at radius 3 is 2.36 bits per heavy atom. The first-order valence-corrected chi connectivity index (χ1v) is 11.5. The average Bonchev–Trinajstić information content (AvgIpc) is 3.47. The van der Waals surface area contributed by atoms with Crippen LogP contribution >= 0.6 is 0 Å². The molecule has 7 nitrogen and oxygen atoms in total. The van der Waals surface area contributed by atoms with E-state index in [0.29, 0.717) is 13.0 Å². The highest BCUT2D eigenvalue weighted by atomic mass is 16.5. The van der Waals surface area contributed by atoms with Crippen LogP contribution in [0.3, 0.4) is 0 Å². The van der Waals surface area contributed by atoms with Crippen LogP contribution in [-0.2, 0) is 14.3 Å². The number of benzene rings is 2. The number of likely N-dealkylation sites (tertiary alicyclic amines) is 1. The zero-order valence-corrected chi connectivity index (χ0v) is 18.6. The molecule has 172 valence electrons. The fraction of sp³-hybridized carbons (Fsp3) is 0.423. The minimum Gasteiger partial charge on any atom is -0.481 e. The van der Waals surface area contributed by atoms with E-state index in [2.05, 4.69) is 29.6 Å². The molecule has 5 rings (SSSR count). The topological polar surface area (TPSA) is 95.9 Å². The van der Waals surface area contributed by atoms with Gasteiger partial charge in [0.25, 0.3) is 0 Å². The maximum absolute atomic E-state index is 12.9. The van der Waals surface area contributed by atoms with Crippen LogP contribution in [0.25, 0.3) is 11.1 Å². The van der Waals surface area contributed by atoms with Crippen LogP contribution in [0.5, 0.6) is 0 Å². The molecule has 0 aromatic heterocycles. The molecule has 3 atom stereocenters. The van der Waals surface area contributed by atoms with Crippen molar-refractivity contribution in [3.05, 3.63) is 59.7 Å². The fourth-order valence-electron chi connectivity index (χ4n) is 5.96. The second-order valence-electron chi connectivity index (χ2n) is 9.46. The van der Waals surface area contributed by atoms with Gasteiger partial charge in [0, 0.05) is 19.0 Å². The van der Waals surface area contributed by atoms with Crippen LogP contribution in [0.2, 0.25) is 0 Å². The second kappa shape index (κ2) is 8.21. The Balaban J connectivity index is 1.20. The molecule has 2 fully saturated rings. The summed E-state index contributed by atoms with van der Waals surface area (Å²) in [5, 5.41) is 12.4. The van der Waals surface area contributed by atoms with E-state index in [1.54, 1.807) is 11.8 Å². The van der Waals surface area contributed by atoms with Gasteiger partial charge in [0.15, 0.2) is 0 Å². The molecule has 1 heterocycles. The zero-order valence-electron chi connectivity index (χ0n) is 18.6. The van der Waals surface area contributed by atoms with Gasteiger partial charge in [0.05, 0.1) is 5.41 Å². The van der Waals surface area contributed by atoms with Crippen molar-refractivity contribution in [1.29, 1.82) is 0 Å². The van der Waals surface area contributed by atoms with Gasteiger partial charge in [-0.2, -0.15) is 0 Å². The molecule has 3 aliphatic rings. The van der Waals surface area contributed by atoms with Crippen molar-refractivity contribution in [3.63, 3.8) is 0 Å². The van der Waals surface area contributed by atoms with Crippen LogP contribution in [0.1, 0.15) is 43.2 Å². The summed E-state index contributed by atoms with van der Waals surface area (Å²) in [4.78, 5) is 38.9. The molecule has 2 aliphatic carbocycles. The van der Waals surface area contributed by atoms with E-state index in [-0.39, 0.29) is 30.9 Å². The maximum atomic E-state index is 12.9. The first-order valence-electron chi connectivity index (χ1n) is 11.5. The van der Waals surface area contributed by atoms with Gasteiger partial charge in [0.1, 0.15) is 12.6 Å². The number of carbonyl (C=O) groups is 3. The molecule has 1 saturated heterocycles. The highest BCUT2D eigenvalue weighted by Gasteiger charge is 2.56. The molecule has 2 aromatic rings. The van der Waals surface area contributed by atoms with Crippen molar-refractivity contribution in [2.24, 2.45) is 11.3 Å². The van der Waals surface area contributed by atoms with Crippen LogP contribution in [-0.4, -0.2) is 53.7 Å². The molecule has 2 aromatic carbocycles. The highest BCUT2D eigenvalue weighted by molar-refractivity contribution is 5.87. The van der Waals surface area contributed by atoms with Gasteiger partial charge in [-0.3, -0.25) is 9.59 Å². The third-order valence-corrected chi connectivity index (χ3v) is 7.66. The largest absolute Gasteiger partial charge is 0.481 e. The van der Waals surface area contributed by atoms with Gasteiger partial charge < -0.3 is 20.1 Å². The number of carboxylic acids is 1. The lowest BCUT2D eigenvalue weighted by molar-refractivity contribution is -0.149. The normalized spacial score (nSPS) is 24.0. The number of aliphatic carboxylic acids is 1. The third kappa shape index (κ3) is 3.56. The van der Waals surface area contributed by atoms with Crippen molar-refractivity contribution < 1.29 is 24.2 Å². The number of nitrogens with one attached hydrogen (secondary N) is 1. The number of amides is 2. The third-order valence-electron chi connectivity index (χ3n) is 7.66. The predicted octanol–water partition coefficient (Wildman–Crippen LogP) is 3.63. The van der Waals surface area contributed by atoms with E-state index < -0.39 is 23.5 Å². The molecule has 33 heavy (non-hydrogen) atoms. The van der Waals surface area contributed by atoms with Crippen molar-refractivity contribution in [2.75, 3.05) is 19.7 Å². The number of ether oxygens (including phenoxy) is 1. The number of carbonyl (C=O) groups excluding carboxylic acids is 2. The standard InChI is InChI=1S/C26H28N2O5/c1-16(23(29)28-13-17-7-6-12-26(17,15-28)24(30)31)27-25(32)33-14-22-20-10-4-2-8-18(20)19-9-3-5-11-21(19)22/h2-5,8-11,16-17,22H,6-7,12-15H2,1H3,(H,27,32)(H,30,31)/t16-,17+,26+/m0/s1. The molecule has 0 unspecified atom stereocenters. The van der Waals surface area contributed by atoms with Gasteiger partial charge in [0.2, 0.25) is 5.91 Å². The van der Waals surface area contributed by atoms with E-state index in [9.17, 15) is 19.5 Å². The Hall–Kier alpha value is -3.35. The van der Waals surface area contributed by atoms with E-state index in [1.807, 2.05) is 24.3 Å². The number of alkyl carbamates (subject to hydrolysis) is 1. The summed E-state index contributed by atoms with van der Waals surface area (Å²) >= 11 is 0. The number of hydrogen-bond donors (Lipinski definition) is 2. The SMILES string of the molecule is C[C@H](NC(=O)OCC1c2ccccc2-c2ccccc21)C(=O)N1C[C@H]2CCC[C@@]2(C(=O)O)C1. The van der Waals surface area contributed by atoms with Crippen LogP contribution < -0.4 is 5.32 Å². The lowest BCUT2D eigenvalue weighted by atomic mass is 9.81. The molecule has 0 spiro atoms. The molecule has 7 heteroatoms. The summed E-state index contributed by atoms with van der Waals surface area (Å²) in [5.41, 5.74) is 3.71. The van der Waals surface area contributed by atoms with Crippen molar-refractivity contribution in [2.45, 2.75) is 38.1 Å². The maximum Gasteiger partial charge on any atom is 0.407 e. The van der Waals surface area contributed by atoms with Crippen LogP contribution in [0.15, 0.2) is 48.5 Å². The summed E-state index contributed by atoms with van der Waals surface area (Å²) < 4.78 is 5.54. The van der Waals surface area contributed by atoms with E-state index in [1.165, 1.54) is 0 Å². The Morgan fingerprint density at radius 1 is 1.12 bits per heavy atom. The summed E-state index contributed by atoms with van der Waals surface area (Å²) in [5.74, 6) is -1.15. The Labute approximate surface area is 192 Å². The van der Waals surface area contributed by atoms with Gasteiger partial charge in [-0.25, -0.2) is 4.79 Å². The summed E-state index contributed by atoms with van der Waals surface area (Å²) in [6, 6.07) is 15.4. The predicted molar refractivity (Wildman–Crippen MR) is 122 cm³/mol. The molecule has 2 N–H and O–H groups in total. The first kappa shape index (κ1) is 21.5. The number of rotatable bonds is 5. The van der Waals surface area contributed by atoms with E-state index >= 15 is 0 Å². The minimum absolute atomic E-state index is 0.0133.